The molecule has 7 amide bonds. The van der Waals surface area contributed by atoms with E-state index in [1.165, 1.54) is 6.92 Å². The molecule has 0 unspecified atom stereocenters. The van der Waals surface area contributed by atoms with Gasteiger partial charge in [0.1, 0.15) is 48.5 Å². The van der Waals surface area contributed by atoms with Crippen molar-refractivity contribution in [2.45, 2.75) is 118 Å². The molecule has 3 saturated heterocycles. The largest absolute Gasteiger partial charge is 0.504 e. The van der Waals surface area contributed by atoms with Crippen LogP contribution in [0.4, 0.5) is 0 Å². The van der Waals surface area contributed by atoms with E-state index in [1.807, 2.05) is 10.6 Å². The molecule has 0 spiro atoms. The van der Waals surface area contributed by atoms with Gasteiger partial charge < -0.3 is 92.7 Å². The fourth-order valence-corrected chi connectivity index (χ4v) is 7.77. The number of nitrogens with one attached hydrogen (secondary N) is 4. The second-order valence-corrected chi connectivity index (χ2v) is 16.8. The number of nitrogens with two attached hydrogens (primary N) is 2. The first kappa shape index (κ1) is 51.3. The lowest BCUT2D eigenvalue weighted by Gasteiger charge is -2.34. The number of aliphatic hydroxyl groups is 8. The number of carbonyl (C=O) groups excluding carboxylic acids is 7. The lowest BCUT2D eigenvalue weighted by molar-refractivity contribution is -0.149. The summed E-state index contributed by atoms with van der Waals surface area (Å²) in [6.07, 6.45) is -19.1. The number of primary amides is 1. The minimum atomic E-state index is -5.30. The average molecular weight is 937 g/mol. The maximum atomic E-state index is 14.3. The number of phenols is 1. The summed E-state index contributed by atoms with van der Waals surface area (Å²) >= 11 is 0. The average Bonchev–Trinajstić information content (AvgIpc) is 3.74. The number of fused-ring (bicyclic) bond motifs is 2. The fourth-order valence-electron chi connectivity index (χ4n) is 7.41. The van der Waals surface area contributed by atoms with Crippen molar-refractivity contribution in [3.63, 3.8) is 0 Å². The number of aliphatic hydroxyl groups excluding tert-OH is 8. The zero-order valence-corrected chi connectivity index (χ0v) is 34.8. The van der Waals surface area contributed by atoms with Gasteiger partial charge in [-0.05, 0) is 24.6 Å². The molecule has 29 heteroatoms. The van der Waals surface area contributed by atoms with E-state index in [1.54, 1.807) is 0 Å². The SMILES string of the molecule is C[C@@H](O)[C@@H]1NC(=O)[C@@H](N)C[C@@H](O)[C@H](O)NC(=O)[C@@H]2[C@@H](O)[C@@H](C)CN2C(=O)[C@H]([C@H](O)CC(N)=O)NC(=O)[C@H]([C@H](O)[C@@H](O)c2ccc(O)c(OS(=O)(=O)O)c2)NC(=O)[C@@H]2C[C@@H](O)CN2C1=O. The van der Waals surface area contributed by atoms with Gasteiger partial charge in [0, 0.05) is 31.8 Å². The maximum Gasteiger partial charge on any atom is 0.446 e. The number of aromatic hydroxyl groups is 1. The number of carbonyl (C=O) groups is 7. The molecule has 0 aromatic heterocycles. The first-order chi connectivity index (χ1) is 29.6. The summed E-state index contributed by atoms with van der Waals surface area (Å²) in [4.78, 5) is 96.6. The van der Waals surface area contributed by atoms with Gasteiger partial charge in [-0.3, -0.25) is 38.1 Å². The molecule has 1 aromatic rings. The first-order valence-corrected chi connectivity index (χ1v) is 20.8. The fraction of sp³-hybridized carbons (Fsp3) is 0.629. The number of amides is 7. The van der Waals surface area contributed by atoms with Gasteiger partial charge >= 0.3 is 10.4 Å². The van der Waals surface area contributed by atoms with Gasteiger partial charge in [0.2, 0.25) is 41.4 Å². The minimum Gasteiger partial charge on any atom is -0.504 e. The van der Waals surface area contributed by atoms with Crippen molar-refractivity contribution in [3.8, 4) is 11.5 Å². The number of benzene rings is 1. The van der Waals surface area contributed by atoms with Crippen LogP contribution in [-0.4, -0.2) is 202 Å². The van der Waals surface area contributed by atoms with E-state index in [2.05, 4.69) is 14.8 Å². The van der Waals surface area contributed by atoms with Gasteiger partial charge in [0.25, 0.3) is 0 Å². The number of phenolic OH excluding ortho intramolecular Hbond substituents is 1. The van der Waals surface area contributed by atoms with Crippen molar-refractivity contribution in [2.75, 3.05) is 13.1 Å². The summed E-state index contributed by atoms with van der Waals surface area (Å²) in [5, 5.41) is 106. The third-order valence-corrected chi connectivity index (χ3v) is 11.2. The number of rotatable bonds is 9. The van der Waals surface area contributed by atoms with Crippen molar-refractivity contribution in [2.24, 2.45) is 17.4 Å². The number of hydrogen-bond donors (Lipinski definition) is 16. The smallest absolute Gasteiger partial charge is 0.446 e. The van der Waals surface area contributed by atoms with Crippen LogP contribution < -0.4 is 36.9 Å². The molecular weight excluding hydrogens is 884 g/mol. The van der Waals surface area contributed by atoms with Crippen LogP contribution >= 0.6 is 0 Å². The highest BCUT2D eigenvalue weighted by atomic mass is 32.3. The van der Waals surface area contributed by atoms with Crippen molar-refractivity contribution >= 4 is 51.7 Å². The Balaban J connectivity index is 1.88. The predicted octanol–water partition coefficient (Wildman–Crippen LogP) is -9.26. The van der Waals surface area contributed by atoms with Gasteiger partial charge in [0.05, 0.1) is 36.9 Å². The van der Waals surface area contributed by atoms with E-state index in [4.69, 9.17) is 16.0 Å². The van der Waals surface area contributed by atoms with Crippen LogP contribution in [0.15, 0.2) is 18.2 Å². The van der Waals surface area contributed by atoms with Crippen LogP contribution in [0.5, 0.6) is 11.5 Å². The van der Waals surface area contributed by atoms with Crippen molar-refractivity contribution in [1.29, 1.82) is 0 Å². The molecule has 28 nitrogen and oxygen atoms in total. The molecule has 15 atom stereocenters. The predicted molar refractivity (Wildman–Crippen MR) is 208 cm³/mol. The molecule has 3 aliphatic heterocycles. The van der Waals surface area contributed by atoms with Crippen LogP contribution in [0.25, 0.3) is 0 Å². The van der Waals surface area contributed by atoms with Gasteiger partial charge in [-0.2, -0.15) is 8.42 Å². The maximum absolute atomic E-state index is 14.3. The monoisotopic (exact) mass is 936 g/mol. The zero-order chi connectivity index (χ0) is 48.3. The van der Waals surface area contributed by atoms with Crippen molar-refractivity contribution < 1.29 is 96.7 Å². The Morgan fingerprint density at radius 3 is 2.03 bits per heavy atom. The van der Waals surface area contributed by atoms with Gasteiger partial charge in [0.15, 0.2) is 17.7 Å². The molecule has 0 saturated carbocycles. The van der Waals surface area contributed by atoms with E-state index in [0.717, 1.165) is 19.1 Å². The summed E-state index contributed by atoms with van der Waals surface area (Å²) in [7, 11) is -5.30. The molecule has 0 aliphatic carbocycles. The van der Waals surface area contributed by atoms with Crippen LogP contribution in [0.1, 0.15) is 44.8 Å². The van der Waals surface area contributed by atoms with Crippen molar-refractivity contribution in [1.82, 2.24) is 31.1 Å². The lowest BCUT2D eigenvalue weighted by atomic mass is 9.96. The second-order valence-electron chi connectivity index (χ2n) is 15.8. The topological polar surface area (TPSA) is 472 Å². The van der Waals surface area contributed by atoms with E-state index in [9.17, 15) is 87.9 Å². The van der Waals surface area contributed by atoms with Gasteiger partial charge in [-0.1, -0.05) is 13.0 Å². The molecule has 1 aromatic carbocycles. The summed E-state index contributed by atoms with van der Waals surface area (Å²) in [6.45, 7) is 1.26. The quantitative estimate of drug-likeness (QED) is 0.102. The van der Waals surface area contributed by atoms with E-state index >= 15 is 0 Å². The zero-order valence-electron chi connectivity index (χ0n) is 33.9. The van der Waals surface area contributed by atoms with E-state index in [-0.39, 0.29) is 0 Å². The van der Waals surface area contributed by atoms with Crippen LogP contribution in [0.3, 0.4) is 0 Å². The summed E-state index contributed by atoms with van der Waals surface area (Å²) in [6, 6.07) is -10.2. The minimum absolute atomic E-state index is 0.508. The van der Waals surface area contributed by atoms with Crippen LogP contribution in [0, 0.1) is 5.92 Å². The summed E-state index contributed by atoms with van der Waals surface area (Å²) in [5.41, 5.74) is 10.6. The van der Waals surface area contributed by atoms with E-state index < -0.39 is 192 Å². The Kier molecular flexibility index (Phi) is 16.6. The Hall–Kier alpha value is -5.34. The molecule has 358 valence electrons. The standard InChI is InChI=1S/C35H52N8O20S/c1-11-9-43-25(26(11)50)33(57)41-31(55)19(48)7-15(36)29(53)38-22(12(2)44)34(58)42-10-14(45)6-16(42)30(54)40-24(32(56)39-23(35(43)59)18(47)8-21(37)49)28(52)27(51)13-3-4-17(46)20(5-13)63-64(60,61)62/h3-5,11-12,14-16,18-19,22-28,31,44-48,50-52,55H,6-10,36H2,1-2H3,(H2,37,49)(H,38,53)(H,39,56)(H,40,54)(H,41,57)(H,60,61,62)/t11-,12+,14+,15-,16-,18+,19+,22-,23-,24-,25-,26-,27-,28-,31-/m0/s1. The molecule has 64 heavy (non-hydrogen) atoms. The highest BCUT2D eigenvalue weighted by molar-refractivity contribution is 7.81. The number of hydrogen-bond acceptors (Lipinski definition) is 20. The third-order valence-electron chi connectivity index (χ3n) is 10.8. The lowest BCUT2D eigenvalue weighted by Crippen LogP contribution is -2.64. The Morgan fingerprint density at radius 2 is 1.44 bits per heavy atom. The van der Waals surface area contributed by atoms with E-state index in [0.29, 0.717) is 15.9 Å². The third kappa shape index (κ3) is 12.1. The Morgan fingerprint density at radius 1 is 0.844 bits per heavy atom. The summed E-state index contributed by atoms with van der Waals surface area (Å²) < 4.78 is 36.2. The molecule has 3 fully saturated rings. The van der Waals surface area contributed by atoms with Gasteiger partial charge in [-0.15, -0.1) is 0 Å². The van der Waals surface area contributed by atoms with Crippen molar-refractivity contribution in [3.05, 3.63) is 23.8 Å². The van der Waals surface area contributed by atoms with Gasteiger partial charge in [-0.25, -0.2) is 0 Å². The Bertz CT molecular complexity index is 2060. The first-order valence-electron chi connectivity index (χ1n) is 19.4. The van der Waals surface area contributed by atoms with Crippen LogP contribution in [0.2, 0.25) is 0 Å². The molecule has 3 aliphatic rings. The molecule has 3 heterocycles. The Labute approximate surface area is 363 Å². The van der Waals surface area contributed by atoms with Crippen LogP contribution in [-0.2, 0) is 44.0 Å². The number of nitrogens with zero attached hydrogens (tertiary/aromatic N) is 2. The molecular formula is C35H52N8O20S. The molecule has 0 bridgehead atoms. The highest BCUT2D eigenvalue weighted by Gasteiger charge is 2.50. The molecule has 0 radical (unpaired) electrons. The highest BCUT2D eigenvalue weighted by Crippen LogP contribution is 2.32. The molecule has 4 rings (SSSR count). The molecule has 18 N–H and O–H groups in total. The second kappa shape index (κ2) is 20.7. The summed E-state index contributed by atoms with van der Waals surface area (Å²) in [5.74, 6) is -12.4. The normalized spacial score (nSPS) is 32.4.